The number of tetrazole rings is 1. The van der Waals surface area contributed by atoms with Gasteiger partial charge in [-0.15, -0.1) is 5.10 Å². The lowest BCUT2D eigenvalue weighted by molar-refractivity contribution is -0.129. The Hall–Kier alpha value is -1.77. The van der Waals surface area contributed by atoms with Crippen molar-refractivity contribution in [1.82, 2.24) is 20.2 Å². The largest absolute Gasteiger partial charge is 0.508 e. The number of hydrogen-bond acceptors (Lipinski definition) is 5. The fourth-order valence-electron chi connectivity index (χ4n) is 1.28. The molecule has 2 rings (SSSR count). The van der Waals surface area contributed by atoms with Crippen LogP contribution in [-0.2, 0) is 0 Å². The molecule has 0 amide bonds. The van der Waals surface area contributed by atoms with Crippen LogP contribution in [0.4, 0.5) is 13.2 Å². The molecular formula is C10H9F3N4OS. The van der Waals surface area contributed by atoms with Crippen LogP contribution in [0.15, 0.2) is 29.4 Å². The van der Waals surface area contributed by atoms with Crippen molar-refractivity contribution in [3.63, 3.8) is 0 Å². The topological polar surface area (TPSA) is 63.8 Å². The molecule has 0 fully saturated rings. The van der Waals surface area contributed by atoms with Gasteiger partial charge in [0, 0.05) is 5.75 Å². The summed E-state index contributed by atoms with van der Waals surface area (Å²) in [5.74, 6) is -0.0646. The van der Waals surface area contributed by atoms with Gasteiger partial charge in [0.25, 0.3) is 0 Å². The molecule has 0 saturated carbocycles. The van der Waals surface area contributed by atoms with E-state index in [-0.39, 0.29) is 16.7 Å². The third-order valence-electron chi connectivity index (χ3n) is 2.15. The van der Waals surface area contributed by atoms with Gasteiger partial charge in [-0.05, 0) is 34.7 Å². The molecule has 0 aliphatic heterocycles. The summed E-state index contributed by atoms with van der Waals surface area (Å²) in [5, 5.41) is 20.2. The summed E-state index contributed by atoms with van der Waals surface area (Å²) in [4.78, 5) is 0. The number of aromatic hydroxyl groups is 1. The lowest BCUT2D eigenvalue weighted by atomic mass is 10.3. The molecule has 102 valence electrons. The summed E-state index contributed by atoms with van der Waals surface area (Å²) in [5.41, 5.74) is 0.567. The lowest BCUT2D eigenvalue weighted by Gasteiger charge is -2.06. The van der Waals surface area contributed by atoms with Gasteiger partial charge in [-0.1, -0.05) is 11.8 Å². The van der Waals surface area contributed by atoms with E-state index >= 15 is 0 Å². The number of hydrogen-bond donors (Lipinski definition) is 1. The van der Waals surface area contributed by atoms with Gasteiger partial charge in [0.1, 0.15) is 5.75 Å². The summed E-state index contributed by atoms with van der Waals surface area (Å²) in [7, 11) is 0. The number of halogens is 3. The Balaban J connectivity index is 2.07. The second-order valence-electron chi connectivity index (χ2n) is 3.60. The molecule has 2 aromatic rings. The maximum Gasteiger partial charge on any atom is 0.389 e. The van der Waals surface area contributed by atoms with Crippen LogP contribution in [0.2, 0.25) is 0 Å². The van der Waals surface area contributed by atoms with E-state index in [4.69, 9.17) is 5.11 Å². The van der Waals surface area contributed by atoms with E-state index in [1.54, 1.807) is 12.1 Å². The SMILES string of the molecule is Oc1ccc(-n2nnnc2SCCC(F)(F)F)cc1. The highest BCUT2D eigenvalue weighted by molar-refractivity contribution is 7.99. The Kier molecular flexibility index (Phi) is 3.93. The van der Waals surface area contributed by atoms with E-state index in [2.05, 4.69) is 15.5 Å². The monoisotopic (exact) mass is 290 g/mol. The lowest BCUT2D eigenvalue weighted by Crippen LogP contribution is -2.08. The normalized spacial score (nSPS) is 11.7. The predicted molar refractivity (Wildman–Crippen MR) is 62.2 cm³/mol. The van der Waals surface area contributed by atoms with Crippen molar-refractivity contribution < 1.29 is 18.3 Å². The average molecular weight is 290 g/mol. The van der Waals surface area contributed by atoms with Crippen molar-refractivity contribution >= 4 is 11.8 Å². The second kappa shape index (κ2) is 5.47. The van der Waals surface area contributed by atoms with Gasteiger partial charge < -0.3 is 5.11 Å². The minimum absolute atomic E-state index is 0.0862. The number of phenolic OH excluding ortho intramolecular Hbond substituents is 1. The zero-order valence-electron chi connectivity index (χ0n) is 9.50. The molecule has 0 aliphatic carbocycles. The van der Waals surface area contributed by atoms with Crippen LogP contribution in [-0.4, -0.2) is 37.2 Å². The van der Waals surface area contributed by atoms with Crippen LogP contribution in [0.5, 0.6) is 5.75 Å². The molecule has 19 heavy (non-hydrogen) atoms. The molecule has 0 atom stereocenters. The van der Waals surface area contributed by atoms with E-state index in [1.165, 1.54) is 16.8 Å². The minimum Gasteiger partial charge on any atom is -0.508 e. The van der Waals surface area contributed by atoms with Crippen LogP contribution in [0.1, 0.15) is 6.42 Å². The number of rotatable bonds is 4. The van der Waals surface area contributed by atoms with E-state index in [0.29, 0.717) is 5.69 Å². The van der Waals surface area contributed by atoms with Crippen LogP contribution < -0.4 is 0 Å². The van der Waals surface area contributed by atoms with Crippen molar-refractivity contribution in [2.24, 2.45) is 0 Å². The summed E-state index contributed by atoms with van der Waals surface area (Å²) < 4.78 is 37.5. The first-order valence-corrected chi connectivity index (χ1v) is 6.21. The fourth-order valence-corrected chi connectivity index (χ4v) is 2.16. The molecule has 1 aromatic carbocycles. The van der Waals surface area contributed by atoms with Crippen LogP contribution in [0.25, 0.3) is 5.69 Å². The number of phenols is 1. The molecule has 0 radical (unpaired) electrons. The van der Waals surface area contributed by atoms with Crippen molar-refractivity contribution in [3.8, 4) is 11.4 Å². The Bertz CT molecular complexity index is 540. The molecule has 1 heterocycles. The summed E-state index contributed by atoms with van der Waals surface area (Å²) in [6.45, 7) is 0. The number of aromatic nitrogens is 4. The zero-order valence-corrected chi connectivity index (χ0v) is 10.3. The maximum absolute atomic E-state index is 12.1. The minimum atomic E-state index is -4.19. The molecule has 9 heteroatoms. The molecular weight excluding hydrogens is 281 g/mol. The van der Waals surface area contributed by atoms with E-state index in [9.17, 15) is 13.2 Å². The smallest absolute Gasteiger partial charge is 0.389 e. The highest BCUT2D eigenvalue weighted by Gasteiger charge is 2.26. The standard InChI is InChI=1S/C10H9F3N4OS/c11-10(12,13)5-6-19-9-14-15-16-17(9)7-1-3-8(18)4-2-7/h1-4,18H,5-6H2. The summed E-state index contributed by atoms with van der Waals surface area (Å²) in [6, 6.07) is 6.03. The van der Waals surface area contributed by atoms with Gasteiger partial charge in [0.2, 0.25) is 5.16 Å². The highest BCUT2D eigenvalue weighted by atomic mass is 32.2. The molecule has 0 spiro atoms. The molecule has 5 nitrogen and oxygen atoms in total. The Morgan fingerprint density at radius 3 is 2.53 bits per heavy atom. The van der Waals surface area contributed by atoms with Gasteiger partial charge in [0.15, 0.2) is 0 Å². The zero-order chi connectivity index (χ0) is 13.9. The predicted octanol–water partition coefficient (Wildman–Crippen LogP) is 2.41. The average Bonchev–Trinajstić information content (AvgIpc) is 2.77. The van der Waals surface area contributed by atoms with Crippen LogP contribution in [0.3, 0.4) is 0 Å². The molecule has 0 unspecified atom stereocenters. The first kappa shape index (κ1) is 13.7. The van der Waals surface area contributed by atoms with E-state index in [0.717, 1.165) is 11.8 Å². The Labute approximate surface area is 110 Å². The third kappa shape index (κ3) is 3.85. The quantitative estimate of drug-likeness (QED) is 0.876. The fraction of sp³-hybridized carbons (Fsp3) is 0.300. The van der Waals surface area contributed by atoms with Crippen LogP contribution in [0, 0.1) is 0 Å². The van der Waals surface area contributed by atoms with Crippen molar-refractivity contribution in [2.45, 2.75) is 17.8 Å². The maximum atomic E-state index is 12.1. The molecule has 0 saturated heterocycles. The number of nitrogens with zero attached hydrogens (tertiary/aromatic N) is 4. The molecule has 1 N–H and O–H groups in total. The first-order valence-electron chi connectivity index (χ1n) is 5.23. The van der Waals surface area contributed by atoms with Crippen LogP contribution >= 0.6 is 11.8 Å². The number of alkyl halides is 3. The van der Waals surface area contributed by atoms with Crippen molar-refractivity contribution in [2.75, 3.05) is 5.75 Å². The Morgan fingerprint density at radius 1 is 1.21 bits per heavy atom. The van der Waals surface area contributed by atoms with E-state index < -0.39 is 12.6 Å². The van der Waals surface area contributed by atoms with Gasteiger partial charge in [-0.2, -0.15) is 17.9 Å². The Morgan fingerprint density at radius 2 is 1.89 bits per heavy atom. The van der Waals surface area contributed by atoms with E-state index in [1.807, 2.05) is 0 Å². The molecule has 1 aromatic heterocycles. The highest BCUT2D eigenvalue weighted by Crippen LogP contribution is 2.26. The van der Waals surface area contributed by atoms with Gasteiger partial charge in [-0.3, -0.25) is 0 Å². The van der Waals surface area contributed by atoms with Crippen molar-refractivity contribution in [1.29, 1.82) is 0 Å². The third-order valence-corrected chi connectivity index (χ3v) is 3.07. The van der Waals surface area contributed by atoms with Gasteiger partial charge in [-0.25, -0.2) is 0 Å². The van der Waals surface area contributed by atoms with Gasteiger partial charge in [0.05, 0.1) is 12.1 Å². The number of benzene rings is 1. The first-order chi connectivity index (χ1) is 8.96. The van der Waals surface area contributed by atoms with Crippen molar-refractivity contribution in [3.05, 3.63) is 24.3 Å². The second-order valence-corrected chi connectivity index (χ2v) is 4.67. The summed E-state index contributed by atoms with van der Waals surface area (Å²) >= 11 is 0.924. The summed E-state index contributed by atoms with van der Waals surface area (Å²) in [6.07, 6.45) is -5.09. The number of thioether (sulfide) groups is 1. The molecule has 0 bridgehead atoms. The molecule has 0 aliphatic rings. The van der Waals surface area contributed by atoms with Gasteiger partial charge >= 0.3 is 6.18 Å².